The van der Waals surface area contributed by atoms with Gasteiger partial charge in [0.05, 0.1) is 10.6 Å². The van der Waals surface area contributed by atoms with Crippen LogP contribution in [0.2, 0.25) is 0 Å². The third kappa shape index (κ3) is 4.48. The summed E-state index contributed by atoms with van der Waals surface area (Å²) in [5, 5.41) is 0. The number of benzene rings is 3. The second-order valence-electron chi connectivity index (χ2n) is 6.24. The van der Waals surface area contributed by atoms with Crippen LogP contribution in [0.4, 0.5) is 5.69 Å². The van der Waals surface area contributed by atoms with Crippen molar-refractivity contribution < 1.29 is 8.42 Å². The van der Waals surface area contributed by atoms with Crippen molar-refractivity contribution in [2.75, 3.05) is 4.72 Å². The first-order chi connectivity index (χ1) is 12.5. The van der Waals surface area contributed by atoms with Crippen LogP contribution in [-0.2, 0) is 10.0 Å². The van der Waals surface area contributed by atoms with Crippen LogP contribution >= 0.6 is 11.8 Å². The van der Waals surface area contributed by atoms with Crippen LogP contribution in [0, 0.1) is 0 Å². The third-order valence-electron chi connectivity index (χ3n) is 3.96. The van der Waals surface area contributed by atoms with Crippen molar-refractivity contribution >= 4 is 27.5 Å². The van der Waals surface area contributed by atoms with Gasteiger partial charge in [-0.1, -0.05) is 68.1 Å². The molecule has 134 valence electrons. The first-order valence-corrected chi connectivity index (χ1v) is 10.7. The van der Waals surface area contributed by atoms with Gasteiger partial charge in [-0.25, -0.2) is 8.42 Å². The second-order valence-corrected chi connectivity index (χ2v) is 9.04. The molecule has 0 heterocycles. The number of hydrogen-bond acceptors (Lipinski definition) is 3. The van der Waals surface area contributed by atoms with Crippen LogP contribution < -0.4 is 4.72 Å². The summed E-state index contributed by atoms with van der Waals surface area (Å²) >= 11 is 1.53. The molecule has 0 amide bonds. The highest BCUT2D eigenvalue weighted by Crippen LogP contribution is 2.34. The molecule has 0 bridgehead atoms. The monoisotopic (exact) mass is 383 g/mol. The predicted molar refractivity (Wildman–Crippen MR) is 108 cm³/mol. The Morgan fingerprint density at radius 3 is 2.08 bits per heavy atom. The van der Waals surface area contributed by atoms with E-state index in [1.165, 1.54) is 11.8 Å². The van der Waals surface area contributed by atoms with E-state index in [1.807, 2.05) is 60.7 Å². The summed E-state index contributed by atoms with van der Waals surface area (Å²) in [7, 11) is -3.63. The Bertz CT molecular complexity index is 966. The molecule has 1 N–H and O–H groups in total. The van der Waals surface area contributed by atoms with E-state index in [0.29, 0.717) is 11.6 Å². The Labute approximate surface area is 159 Å². The molecule has 0 radical (unpaired) electrons. The van der Waals surface area contributed by atoms with Crippen LogP contribution in [0.15, 0.2) is 93.5 Å². The van der Waals surface area contributed by atoms with Gasteiger partial charge in [-0.2, -0.15) is 0 Å². The average molecular weight is 384 g/mol. The van der Waals surface area contributed by atoms with Crippen LogP contribution in [0.1, 0.15) is 25.3 Å². The van der Waals surface area contributed by atoms with E-state index in [-0.39, 0.29) is 4.90 Å². The zero-order valence-electron chi connectivity index (χ0n) is 14.7. The number of nitrogens with one attached hydrogen (secondary N) is 1. The molecule has 0 aliphatic rings. The SMILES string of the molecule is CC(C)c1ccc(S(=O)(=O)Nc2ccccc2Sc2ccccc2)cc1. The van der Waals surface area contributed by atoms with Gasteiger partial charge < -0.3 is 0 Å². The van der Waals surface area contributed by atoms with Crippen molar-refractivity contribution in [3.05, 3.63) is 84.4 Å². The van der Waals surface area contributed by atoms with Crippen molar-refractivity contribution in [3.63, 3.8) is 0 Å². The summed E-state index contributed by atoms with van der Waals surface area (Å²) in [5.41, 5.74) is 1.69. The molecule has 0 aromatic heterocycles. The predicted octanol–water partition coefficient (Wildman–Crippen LogP) is 5.76. The molecule has 0 fully saturated rings. The Morgan fingerprint density at radius 2 is 1.42 bits per heavy atom. The van der Waals surface area contributed by atoms with Crippen molar-refractivity contribution in [3.8, 4) is 0 Å². The van der Waals surface area contributed by atoms with Crippen molar-refractivity contribution in [1.82, 2.24) is 0 Å². The Kier molecular flexibility index (Phi) is 5.69. The molecule has 0 spiro atoms. The Morgan fingerprint density at radius 1 is 0.808 bits per heavy atom. The molecule has 3 aromatic carbocycles. The molecule has 0 unspecified atom stereocenters. The minimum Gasteiger partial charge on any atom is -0.278 e. The molecule has 26 heavy (non-hydrogen) atoms. The number of anilines is 1. The van der Waals surface area contributed by atoms with Crippen LogP contribution in [-0.4, -0.2) is 8.42 Å². The fraction of sp³-hybridized carbons (Fsp3) is 0.143. The number of para-hydroxylation sites is 1. The lowest BCUT2D eigenvalue weighted by molar-refractivity contribution is 0.601. The number of rotatable bonds is 6. The highest BCUT2D eigenvalue weighted by Gasteiger charge is 2.16. The zero-order chi connectivity index (χ0) is 18.6. The Balaban J connectivity index is 1.86. The quantitative estimate of drug-likeness (QED) is 0.588. The fourth-order valence-electron chi connectivity index (χ4n) is 2.49. The van der Waals surface area contributed by atoms with Crippen LogP contribution in [0.25, 0.3) is 0 Å². The standard InChI is InChI=1S/C21H21NO2S2/c1-16(2)17-12-14-19(15-13-17)26(23,24)22-20-10-6-7-11-21(20)25-18-8-4-3-5-9-18/h3-16,22H,1-2H3. The fourth-order valence-corrected chi connectivity index (χ4v) is 4.56. The van der Waals surface area contributed by atoms with Gasteiger partial charge in [-0.15, -0.1) is 0 Å². The van der Waals surface area contributed by atoms with E-state index in [2.05, 4.69) is 18.6 Å². The molecule has 0 aliphatic carbocycles. The van der Waals surface area contributed by atoms with Crippen LogP contribution in [0.5, 0.6) is 0 Å². The van der Waals surface area contributed by atoms with Gasteiger partial charge >= 0.3 is 0 Å². The molecule has 5 heteroatoms. The van der Waals surface area contributed by atoms with Gasteiger partial charge in [-0.3, -0.25) is 4.72 Å². The summed E-state index contributed by atoms with van der Waals surface area (Å²) in [6.45, 7) is 4.16. The van der Waals surface area contributed by atoms with E-state index < -0.39 is 10.0 Å². The summed E-state index contributed by atoms with van der Waals surface area (Å²) in [6.07, 6.45) is 0. The lowest BCUT2D eigenvalue weighted by Gasteiger charge is -2.13. The molecule has 3 rings (SSSR count). The highest BCUT2D eigenvalue weighted by atomic mass is 32.2. The molecule has 3 nitrogen and oxygen atoms in total. The molecule has 0 saturated heterocycles. The van der Waals surface area contributed by atoms with Crippen LogP contribution in [0.3, 0.4) is 0 Å². The second kappa shape index (κ2) is 7.98. The smallest absolute Gasteiger partial charge is 0.261 e. The summed E-state index contributed by atoms with van der Waals surface area (Å²) in [4.78, 5) is 2.18. The Hall–Kier alpha value is -2.24. The summed E-state index contributed by atoms with van der Waals surface area (Å²) in [6, 6.07) is 24.4. The first kappa shape index (κ1) is 18.5. The summed E-state index contributed by atoms with van der Waals surface area (Å²) < 4.78 is 28.3. The van der Waals surface area contributed by atoms with Gasteiger partial charge in [0.25, 0.3) is 10.0 Å². The van der Waals surface area contributed by atoms with Gasteiger partial charge in [0.15, 0.2) is 0 Å². The largest absolute Gasteiger partial charge is 0.278 e. The number of sulfonamides is 1. The lowest BCUT2D eigenvalue weighted by atomic mass is 10.0. The van der Waals surface area contributed by atoms with E-state index in [1.54, 1.807) is 18.2 Å². The van der Waals surface area contributed by atoms with E-state index in [4.69, 9.17) is 0 Å². The topological polar surface area (TPSA) is 46.2 Å². The highest BCUT2D eigenvalue weighted by molar-refractivity contribution is 7.99. The molecule has 0 aliphatic heterocycles. The maximum Gasteiger partial charge on any atom is 0.261 e. The molecule has 0 saturated carbocycles. The zero-order valence-corrected chi connectivity index (χ0v) is 16.3. The average Bonchev–Trinajstić information content (AvgIpc) is 2.64. The van der Waals surface area contributed by atoms with Crippen molar-refractivity contribution in [1.29, 1.82) is 0 Å². The van der Waals surface area contributed by atoms with Gasteiger partial charge in [0, 0.05) is 9.79 Å². The third-order valence-corrected chi connectivity index (χ3v) is 6.42. The normalized spacial score (nSPS) is 11.5. The number of hydrogen-bond donors (Lipinski definition) is 1. The van der Waals surface area contributed by atoms with Gasteiger partial charge in [0.1, 0.15) is 0 Å². The maximum atomic E-state index is 12.8. The van der Waals surface area contributed by atoms with Gasteiger partial charge in [-0.05, 0) is 47.9 Å². The van der Waals surface area contributed by atoms with Crippen molar-refractivity contribution in [2.45, 2.75) is 34.5 Å². The van der Waals surface area contributed by atoms with E-state index >= 15 is 0 Å². The van der Waals surface area contributed by atoms with Gasteiger partial charge in [0.2, 0.25) is 0 Å². The molecular formula is C21H21NO2S2. The first-order valence-electron chi connectivity index (χ1n) is 8.40. The summed E-state index contributed by atoms with van der Waals surface area (Å²) in [5.74, 6) is 0.364. The minimum absolute atomic E-state index is 0.265. The molecule has 0 atom stereocenters. The molecular weight excluding hydrogens is 362 g/mol. The lowest BCUT2D eigenvalue weighted by Crippen LogP contribution is -2.13. The van der Waals surface area contributed by atoms with E-state index in [0.717, 1.165) is 15.4 Å². The molecule has 3 aromatic rings. The van der Waals surface area contributed by atoms with E-state index in [9.17, 15) is 8.42 Å². The maximum absolute atomic E-state index is 12.8. The minimum atomic E-state index is -3.63. The van der Waals surface area contributed by atoms with Crippen molar-refractivity contribution in [2.24, 2.45) is 0 Å².